The Kier molecular flexibility index (Phi) is 5.33. The molecule has 3 aromatic carbocycles. The molecule has 5 nitrogen and oxygen atoms in total. The molecule has 0 fully saturated rings. The molecule has 0 spiro atoms. The second-order valence-corrected chi connectivity index (χ2v) is 7.22. The number of amides is 3. The molecule has 1 aliphatic heterocycles. The number of carbonyl (C=O) groups is 3. The predicted molar refractivity (Wildman–Crippen MR) is 111 cm³/mol. The van der Waals surface area contributed by atoms with E-state index in [-0.39, 0.29) is 33.9 Å². The van der Waals surface area contributed by atoms with Crippen LogP contribution >= 0.6 is 11.6 Å². The quantitative estimate of drug-likeness (QED) is 0.612. The third-order valence-electron chi connectivity index (χ3n) is 4.90. The predicted octanol–water partition coefficient (Wildman–Crippen LogP) is 4.57. The fourth-order valence-electron chi connectivity index (χ4n) is 3.32. The Balaban J connectivity index is 1.52. The van der Waals surface area contributed by atoms with Crippen LogP contribution in [0.25, 0.3) is 0 Å². The number of benzene rings is 3. The minimum Gasteiger partial charge on any atom is -0.319 e. The zero-order chi connectivity index (χ0) is 21.3. The van der Waals surface area contributed by atoms with Gasteiger partial charge in [0.1, 0.15) is 0 Å². The van der Waals surface area contributed by atoms with E-state index in [1.165, 1.54) is 41.3 Å². The Bertz CT molecular complexity index is 1160. The van der Waals surface area contributed by atoms with Crippen LogP contribution in [-0.2, 0) is 6.42 Å². The summed E-state index contributed by atoms with van der Waals surface area (Å²) in [5.74, 6) is -2.19. The Labute approximate surface area is 177 Å². The average Bonchev–Trinajstić information content (AvgIpc) is 3.00. The monoisotopic (exact) mass is 422 g/mol. The van der Waals surface area contributed by atoms with Crippen molar-refractivity contribution >= 4 is 35.0 Å². The van der Waals surface area contributed by atoms with Crippen molar-refractivity contribution in [3.8, 4) is 0 Å². The molecule has 0 aliphatic carbocycles. The maximum Gasteiger partial charge on any atom is 0.261 e. The number of nitrogens with zero attached hydrogens (tertiary/aromatic N) is 1. The smallest absolute Gasteiger partial charge is 0.261 e. The molecule has 1 N–H and O–H groups in total. The second kappa shape index (κ2) is 8.08. The van der Waals surface area contributed by atoms with Gasteiger partial charge in [-0.25, -0.2) is 4.39 Å². The first-order valence-electron chi connectivity index (χ1n) is 9.25. The van der Waals surface area contributed by atoms with Crippen molar-refractivity contribution in [2.24, 2.45) is 0 Å². The molecule has 7 heteroatoms. The molecule has 150 valence electrons. The van der Waals surface area contributed by atoms with Crippen LogP contribution in [0.3, 0.4) is 0 Å². The van der Waals surface area contributed by atoms with Gasteiger partial charge in [0.2, 0.25) is 0 Å². The molecule has 0 bridgehead atoms. The number of nitrogens with one attached hydrogen (secondary N) is 1. The highest BCUT2D eigenvalue weighted by Crippen LogP contribution is 2.26. The molecule has 1 aliphatic rings. The van der Waals surface area contributed by atoms with Crippen LogP contribution < -0.4 is 5.32 Å². The number of hydrogen-bond donors (Lipinski definition) is 1. The lowest BCUT2D eigenvalue weighted by molar-refractivity contribution is 0.0656. The highest BCUT2D eigenvalue weighted by atomic mass is 35.5. The van der Waals surface area contributed by atoms with E-state index in [9.17, 15) is 18.8 Å². The number of hydrogen-bond acceptors (Lipinski definition) is 3. The molecular formula is C23H16ClFN2O3. The largest absolute Gasteiger partial charge is 0.319 e. The van der Waals surface area contributed by atoms with Gasteiger partial charge in [-0.15, -0.1) is 0 Å². The zero-order valence-electron chi connectivity index (χ0n) is 15.7. The highest BCUT2D eigenvalue weighted by molar-refractivity contribution is 6.31. The summed E-state index contributed by atoms with van der Waals surface area (Å²) in [5, 5.41) is 2.32. The lowest BCUT2D eigenvalue weighted by Crippen LogP contribution is -2.31. The Morgan fingerprint density at radius 2 is 1.67 bits per heavy atom. The third kappa shape index (κ3) is 3.69. The van der Waals surface area contributed by atoms with Gasteiger partial charge in [-0.1, -0.05) is 48.0 Å². The number of anilines is 1. The van der Waals surface area contributed by atoms with E-state index in [4.69, 9.17) is 11.6 Å². The first-order valence-corrected chi connectivity index (χ1v) is 9.63. The van der Waals surface area contributed by atoms with Crippen molar-refractivity contribution in [2.45, 2.75) is 6.42 Å². The van der Waals surface area contributed by atoms with E-state index in [2.05, 4.69) is 5.32 Å². The van der Waals surface area contributed by atoms with Gasteiger partial charge in [0, 0.05) is 12.1 Å². The van der Waals surface area contributed by atoms with Crippen LogP contribution in [0, 0.1) is 5.82 Å². The molecule has 0 atom stereocenters. The van der Waals surface area contributed by atoms with E-state index in [1.807, 2.05) is 30.3 Å². The minimum absolute atomic E-state index is 0.0695. The standard InChI is InChI=1S/C23H16ClFN2O3/c24-18-7-4-8-19(20(18)25)26-21(28)15-9-10-16-17(13-15)23(30)27(22(16)29)12-11-14-5-2-1-3-6-14/h1-10,13H,11-12H2,(H,26,28). The number of imide groups is 1. The first-order chi connectivity index (χ1) is 14.5. The number of fused-ring (bicyclic) bond motifs is 1. The topological polar surface area (TPSA) is 66.5 Å². The normalized spacial score (nSPS) is 12.8. The molecule has 0 radical (unpaired) electrons. The Morgan fingerprint density at radius 1 is 0.933 bits per heavy atom. The Morgan fingerprint density at radius 3 is 2.43 bits per heavy atom. The van der Waals surface area contributed by atoms with Crippen LogP contribution in [0.1, 0.15) is 36.6 Å². The van der Waals surface area contributed by atoms with Crippen LogP contribution in [0.4, 0.5) is 10.1 Å². The molecule has 4 rings (SSSR count). The van der Waals surface area contributed by atoms with Gasteiger partial charge in [0.05, 0.1) is 21.8 Å². The van der Waals surface area contributed by atoms with Gasteiger partial charge in [0.15, 0.2) is 5.82 Å². The van der Waals surface area contributed by atoms with Gasteiger partial charge >= 0.3 is 0 Å². The van der Waals surface area contributed by atoms with Gasteiger partial charge in [0.25, 0.3) is 17.7 Å². The summed E-state index contributed by atoms with van der Waals surface area (Å²) < 4.78 is 14.0. The number of halogens is 2. The van der Waals surface area contributed by atoms with Crippen molar-refractivity contribution in [3.05, 3.63) is 99.8 Å². The molecular weight excluding hydrogens is 407 g/mol. The van der Waals surface area contributed by atoms with E-state index in [0.717, 1.165) is 5.56 Å². The molecule has 0 unspecified atom stereocenters. The molecule has 1 heterocycles. The summed E-state index contributed by atoms with van der Waals surface area (Å²) in [5.41, 5.74) is 1.49. The molecule has 0 saturated heterocycles. The maximum absolute atomic E-state index is 14.0. The molecule has 0 saturated carbocycles. The Hall–Kier alpha value is -3.51. The highest BCUT2D eigenvalue weighted by Gasteiger charge is 2.35. The number of carbonyl (C=O) groups excluding carboxylic acids is 3. The first kappa shape index (κ1) is 19.8. The van der Waals surface area contributed by atoms with Crippen molar-refractivity contribution in [1.82, 2.24) is 4.90 Å². The lowest BCUT2D eigenvalue weighted by atomic mass is 10.1. The van der Waals surface area contributed by atoms with Crippen molar-refractivity contribution in [1.29, 1.82) is 0 Å². The lowest BCUT2D eigenvalue weighted by Gasteiger charge is -2.13. The SMILES string of the molecule is O=C(Nc1cccc(Cl)c1F)c1ccc2c(c1)C(=O)N(CCc1ccccc1)C2=O. The summed E-state index contributed by atoms with van der Waals surface area (Å²) in [6.45, 7) is 0.242. The van der Waals surface area contributed by atoms with Gasteiger partial charge < -0.3 is 5.32 Å². The van der Waals surface area contributed by atoms with Crippen molar-refractivity contribution in [2.75, 3.05) is 11.9 Å². The summed E-state index contributed by atoms with van der Waals surface area (Å²) in [7, 11) is 0. The van der Waals surface area contributed by atoms with Crippen molar-refractivity contribution < 1.29 is 18.8 Å². The summed E-state index contributed by atoms with van der Waals surface area (Å²) >= 11 is 5.73. The van der Waals surface area contributed by atoms with Crippen LogP contribution in [0.5, 0.6) is 0 Å². The van der Waals surface area contributed by atoms with E-state index >= 15 is 0 Å². The van der Waals surface area contributed by atoms with Crippen LogP contribution in [0.15, 0.2) is 66.7 Å². The summed E-state index contributed by atoms with van der Waals surface area (Å²) in [6, 6.07) is 18.0. The summed E-state index contributed by atoms with van der Waals surface area (Å²) in [4.78, 5) is 39.1. The van der Waals surface area contributed by atoms with Crippen molar-refractivity contribution in [3.63, 3.8) is 0 Å². The maximum atomic E-state index is 14.0. The molecule has 30 heavy (non-hydrogen) atoms. The van der Waals surface area contributed by atoms with Crippen LogP contribution in [0.2, 0.25) is 5.02 Å². The molecule has 3 amide bonds. The van der Waals surface area contributed by atoms with E-state index in [1.54, 1.807) is 0 Å². The zero-order valence-corrected chi connectivity index (χ0v) is 16.4. The van der Waals surface area contributed by atoms with Gasteiger partial charge in [-0.2, -0.15) is 0 Å². The molecule has 0 aromatic heterocycles. The third-order valence-corrected chi connectivity index (χ3v) is 5.19. The summed E-state index contributed by atoms with van der Waals surface area (Å²) in [6.07, 6.45) is 0.535. The average molecular weight is 423 g/mol. The minimum atomic E-state index is -0.744. The number of rotatable bonds is 5. The molecule has 3 aromatic rings. The second-order valence-electron chi connectivity index (χ2n) is 6.81. The fourth-order valence-corrected chi connectivity index (χ4v) is 3.49. The van der Waals surface area contributed by atoms with Gasteiger partial charge in [-0.3, -0.25) is 19.3 Å². The van der Waals surface area contributed by atoms with E-state index < -0.39 is 23.5 Å². The van der Waals surface area contributed by atoms with Gasteiger partial charge in [-0.05, 0) is 42.3 Å². The van der Waals surface area contributed by atoms with E-state index in [0.29, 0.717) is 6.42 Å². The fraction of sp³-hybridized carbons (Fsp3) is 0.0870. The van der Waals surface area contributed by atoms with Crippen LogP contribution in [-0.4, -0.2) is 29.2 Å².